The smallest absolute Gasteiger partial charge is 0.264 e. The lowest BCUT2D eigenvalue weighted by Gasteiger charge is -2.09. The van der Waals surface area contributed by atoms with E-state index >= 15 is 0 Å². The maximum absolute atomic E-state index is 12.7. The van der Waals surface area contributed by atoms with Crippen LogP contribution in [0.25, 0.3) is 11.0 Å². The van der Waals surface area contributed by atoms with Gasteiger partial charge in [0.1, 0.15) is 11.1 Å². The number of sulfonamides is 1. The molecule has 0 bridgehead atoms. The third kappa shape index (κ3) is 4.68. The number of carbonyl (C=O) groups excluding carboxylic acids is 1. The number of nitrogens with one attached hydrogen (secondary N) is 3. The van der Waals surface area contributed by atoms with Crippen molar-refractivity contribution in [3.05, 3.63) is 82.1 Å². The number of hydrogen-bond acceptors (Lipinski definition) is 7. The highest BCUT2D eigenvalue weighted by Gasteiger charge is 2.17. The zero-order valence-corrected chi connectivity index (χ0v) is 19.0. The van der Waals surface area contributed by atoms with Gasteiger partial charge >= 0.3 is 0 Å². The van der Waals surface area contributed by atoms with Crippen molar-refractivity contribution in [2.75, 3.05) is 10.0 Å². The second-order valence-corrected chi connectivity index (χ2v) is 9.38. The molecule has 2 heterocycles. The van der Waals surface area contributed by atoms with E-state index in [9.17, 15) is 13.2 Å². The summed E-state index contributed by atoms with van der Waals surface area (Å²) in [6, 6.07) is 14.1. The van der Waals surface area contributed by atoms with Crippen LogP contribution in [0.5, 0.6) is 0 Å². The number of amides is 1. The highest BCUT2D eigenvalue weighted by Crippen LogP contribution is 2.20. The average molecular weight is 514 g/mol. The second-order valence-electron chi connectivity index (χ2n) is 6.78. The van der Waals surface area contributed by atoms with E-state index in [2.05, 4.69) is 35.9 Å². The third-order valence-corrected chi connectivity index (χ3v) is 6.25. The van der Waals surface area contributed by atoms with Crippen LogP contribution in [-0.4, -0.2) is 24.3 Å². The molecule has 3 N–H and O–H groups in total. The number of carbonyl (C=O) groups is 1. The van der Waals surface area contributed by atoms with Gasteiger partial charge in [-0.05, 0) is 61.5 Å². The molecule has 0 aliphatic rings. The first kappa shape index (κ1) is 21.7. The van der Waals surface area contributed by atoms with E-state index < -0.39 is 15.9 Å². The van der Waals surface area contributed by atoms with Gasteiger partial charge in [0.25, 0.3) is 15.9 Å². The number of halogens is 1. The molecule has 2 aromatic carbocycles. The van der Waals surface area contributed by atoms with Crippen LogP contribution in [0.2, 0.25) is 0 Å². The van der Waals surface area contributed by atoms with Gasteiger partial charge < -0.3 is 9.73 Å². The number of rotatable bonds is 5. The minimum atomic E-state index is -3.90. The number of anilines is 2. The number of nitrogens with zero attached hydrogens (tertiary/aromatic N) is 2. The van der Waals surface area contributed by atoms with Gasteiger partial charge in [0.2, 0.25) is 11.5 Å². The van der Waals surface area contributed by atoms with Crippen LogP contribution in [0.1, 0.15) is 16.1 Å². The van der Waals surface area contributed by atoms with Gasteiger partial charge in [0.15, 0.2) is 0 Å². The number of aromatic nitrogens is 2. The molecule has 162 valence electrons. The molecule has 0 atom stereocenters. The van der Waals surface area contributed by atoms with E-state index in [-0.39, 0.29) is 22.0 Å². The fourth-order valence-corrected chi connectivity index (χ4v) is 4.20. The Kier molecular flexibility index (Phi) is 5.76. The summed E-state index contributed by atoms with van der Waals surface area (Å²) in [6.45, 7) is 1.72. The van der Waals surface area contributed by atoms with Gasteiger partial charge in [-0.3, -0.25) is 10.2 Å². The standard InChI is InChI=1S/C21H16BrN5O4S/c1-12-8-9-24-21(25-12)27-32(29,30)16-5-3-15(4-6-16)26-20(28)17-11-13-10-14(22)2-7-18(13)31-19(17)23/h2-11,23H,1H3,(H,26,28)(H,24,25,27). The monoisotopic (exact) mass is 513 g/mol. The van der Waals surface area contributed by atoms with Crippen molar-refractivity contribution in [1.29, 1.82) is 5.41 Å². The first-order chi connectivity index (χ1) is 15.2. The molecule has 0 aliphatic heterocycles. The Morgan fingerprint density at radius 1 is 1.09 bits per heavy atom. The molecule has 2 aromatic heterocycles. The predicted molar refractivity (Wildman–Crippen MR) is 122 cm³/mol. The molecule has 1 amide bonds. The SMILES string of the molecule is Cc1ccnc(NS(=O)(=O)c2ccc(NC(=O)c3cc4cc(Br)ccc4oc3=N)cc2)n1. The Labute approximate surface area is 191 Å². The molecule has 0 aliphatic carbocycles. The van der Waals surface area contributed by atoms with E-state index in [1.54, 1.807) is 37.3 Å². The van der Waals surface area contributed by atoms with Gasteiger partial charge in [0.05, 0.1) is 4.90 Å². The van der Waals surface area contributed by atoms with Gasteiger partial charge in [-0.15, -0.1) is 0 Å². The van der Waals surface area contributed by atoms with Crippen molar-refractivity contribution in [2.45, 2.75) is 11.8 Å². The predicted octanol–water partition coefficient (Wildman–Crippen LogP) is 3.83. The lowest BCUT2D eigenvalue weighted by molar-refractivity contribution is 0.102. The fraction of sp³-hybridized carbons (Fsp3) is 0.0476. The van der Waals surface area contributed by atoms with Crippen LogP contribution in [0.3, 0.4) is 0 Å². The van der Waals surface area contributed by atoms with Crippen LogP contribution in [0, 0.1) is 12.3 Å². The molecule has 0 radical (unpaired) electrons. The molecular formula is C21H16BrN5O4S. The average Bonchev–Trinajstić information content (AvgIpc) is 2.73. The lowest BCUT2D eigenvalue weighted by Crippen LogP contribution is -2.21. The quantitative estimate of drug-likeness (QED) is 0.370. The summed E-state index contributed by atoms with van der Waals surface area (Å²) in [5.74, 6) is -0.584. The first-order valence-electron chi connectivity index (χ1n) is 9.23. The zero-order valence-electron chi connectivity index (χ0n) is 16.6. The number of benzene rings is 2. The summed E-state index contributed by atoms with van der Waals surface area (Å²) >= 11 is 3.36. The van der Waals surface area contributed by atoms with Crippen molar-refractivity contribution in [3.8, 4) is 0 Å². The minimum Gasteiger partial charge on any atom is -0.438 e. The minimum absolute atomic E-state index is 0.0210. The Bertz CT molecular complexity index is 1500. The van der Waals surface area contributed by atoms with Crippen LogP contribution in [0.4, 0.5) is 11.6 Å². The molecular weight excluding hydrogens is 498 g/mol. The molecule has 32 heavy (non-hydrogen) atoms. The van der Waals surface area contributed by atoms with Crippen LogP contribution in [-0.2, 0) is 10.0 Å². The summed E-state index contributed by atoms with van der Waals surface area (Å²) in [7, 11) is -3.90. The number of hydrogen-bond donors (Lipinski definition) is 3. The van der Waals surface area contributed by atoms with Crippen molar-refractivity contribution < 1.29 is 17.6 Å². The van der Waals surface area contributed by atoms with Crippen molar-refractivity contribution in [2.24, 2.45) is 0 Å². The molecule has 4 rings (SSSR count). The van der Waals surface area contributed by atoms with E-state index in [1.807, 2.05) is 0 Å². The summed E-state index contributed by atoms with van der Waals surface area (Å²) in [5.41, 5.74) is 1.23. The van der Waals surface area contributed by atoms with Gasteiger partial charge in [0, 0.05) is 27.4 Å². The van der Waals surface area contributed by atoms with Crippen molar-refractivity contribution in [1.82, 2.24) is 9.97 Å². The maximum Gasteiger partial charge on any atom is 0.264 e. The molecule has 0 fully saturated rings. The molecule has 11 heteroatoms. The molecule has 9 nitrogen and oxygen atoms in total. The maximum atomic E-state index is 12.7. The largest absolute Gasteiger partial charge is 0.438 e. The Hall–Kier alpha value is -3.57. The van der Waals surface area contributed by atoms with E-state index in [0.29, 0.717) is 22.4 Å². The van der Waals surface area contributed by atoms with Gasteiger partial charge in [-0.2, -0.15) is 0 Å². The Morgan fingerprint density at radius 2 is 1.84 bits per heavy atom. The Morgan fingerprint density at radius 3 is 2.56 bits per heavy atom. The van der Waals surface area contributed by atoms with Gasteiger partial charge in [-0.25, -0.2) is 23.1 Å². The van der Waals surface area contributed by atoms with Crippen molar-refractivity contribution in [3.63, 3.8) is 0 Å². The fourth-order valence-electron chi connectivity index (χ4n) is 2.87. The number of fused-ring (bicyclic) bond motifs is 1. The molecule has 0 saturated heterocycles. The van der Waals surface area contributed by atoms with Crippen LogP contribution in [0.15, 0.2) is 74.6 Å². The summed E-state index contributed by atoms with van der Waals surface area (Å²) in [6.07, 6.45) is 1.46. The first-order valence-corrected chi connectivity index (χ1v) is 11.5. The van der Waals surface area contributed by atoms with Crippen molar-refractivity contribution >= 4 is 54.5 Å². The van der Waals surface area contributed by atoms with E-state index in [0.717, 1.165) is 4.47 Å². The highest BCUT2D eigenvalue weighted by molar-refractivity contribution is 9.10. The highest BCUT2D eigenvalue weighted by atomic mass is 79.9. The van der Waals surface area contributed by atoms with Gasteiger partial charge in [-0.1, -0.05) is 15.9 Å². The lowest BCUT2D eigenvalue weighted by atomic mass is 10.1. The normalized spacial score (nSPS) is 11.3. The van der Waals surface area contributed by atoms with Crippen LogP contribution >= 0.6 is 15.9 Å². The Balaban J connectivity index is 1.53. The summed E-state index contributed by atoms with van der Waals surface area (Å²) in [4.78, 5) is 20.6. The molecule has 0 spiro atoms. The van der Waals surface area contributed by atoms with E-state index in [1.165, 1.54) is 30.5 Å². The summed E-state index contributed by atoms with van der Waals surface area (Å²) < 4.78 is 33.6. The van der Waals surface area contributed by atoms with E-state index in [4.69, 9.17) is 9.83 Å². The molecule has 4 aromatic rings. The molecule has 0 unspecified atom stereocenters. The molecule has 0 saturated carbocycles. The zero-order chi connectivity index (χ0) is 22.9. The third-order valence-electron chi connectivity index (χ3n) is 4.42. The summed E-state index contributed by atoms with van der Waals surface area (Å²) in [5, 5.41) is 11.3. The second kappa shape index (κ2) is 8.52. The topological polar surface area (TPSA) is 138 Å². The van der Waals surface area contributed by atoms with Crippen LogP contribution < -0.4 is 15.6 Å². The number of aryl methyl sites for hydroxylation is 1.